The number of carbonyl (C=O) groups is 1. The molecule has 0 spiro atoms. The van der Waals surface area contributed by atoms with Gasteiger partial charge in [0.25, 0.3) is 5.91 Å². The average molecular weight is 336 g/mol. The molecular weight excluding hydrogens is 312 g/mol. The van der Waals surface area contributed by atoms with Crippen LogP contribution in [0.4, 0.5) is 11.5 Å². The summed E-state index contributed by atoms with van der Waals surface area (Å²) in [6, 6.07) is 10.7. The first kappa shape index (κ1) is 15.9. The van der Waals surface area contributed by atoms with Crippen molar-refractivity contribution in [3.63, 3.8) is 0 Å². The van der Waals surface area contributed by atoms with Crippen LogP contribution in [0.1, 0.15) is 34.3 Å². The molecular formula is C20H24N4O. The summed E-state index contributed by atoms with van der Waals surface area (Å²) in [5.74, 6) is 0.833. The van der Waals surface area contributed by atoms with E-state index in [1.807, 2.05) is 12.1 Å². The van der Waals surface area contributed by atoms with Crippen LogP contribution in [0, 0.1) is 0 Å². The van der Waals surface area contributed by atoms with Gasteiger partial charge in [0.15, 0.2) is 0 Å². The first-order valence-electron chi connectivity index (χ1n) is 9.04. The van der Waals surface area contributed by atoms with Crippen molar-refractivity contribution in [1.82, 2.24) is 10.3 Å². The van der Waals surface area contributed by atoms with E-state index < -0.39 is 0 Å². The number of nitrogens with zero attached hydrogens (tertiary/aromatic N) is 3. The number of anilines is 2. The van der Waals surface area contributed by atoms with E-state index in [0.717, 1.165) is 25.3 Å². The monoisotopic (exact) mass is 336 g/mol. The molecule has 3 heterocycles. The molecule has 5 heteroatoms. The summed E-state index contributed by atoms with van der Waals surface area (Å²) >= 11 is 0. The van der Waals surface area contributed by atoms with Gasteiger partial charge in [0.2, 0.25) is 0 Å². The molecule has 1 N–H and O–H groups in total. The summed E-state index contributed by atoms with van der Waals surface area (Å²) in [7, 11) is 1.63. The largest absolute Gasteiger partial charge is 0.372 e. The zero-order chi connectivity index (χ0) is 17.2. The summed E-state index contributed by atoms with van der Waals surface area (Å²) in [4.78, 5) is 20.9. The molecule has 5 nitrogen and oxygen atoms in total. The Labute approximate surface area is 148 Å². The van der Waals surface area contributed by atoms with E-state index in [4.69, 9.17) is 0 Å². The lowest BCUT2D eigenvalue weighted by molar-refractivity contribution is 0.0963. The van der Waals surface area contributed by atoms with Crippen molar-refractivity contribution in [1.29, 1.82) is 0 Å². The van der Waals surface area contributed by atoms with Crippen molar-refractivity contribution in [3.8, 4) is 0 Å². The lowest BCUT2D eigenvalue weighted by Gasteiger charge is -2.31. The Kier molecular flexibility index (Phi) is 4.30. The Hall–Kier alpha value is -2.56. The van der Waals surface area contributed by atoms with Gasteiger partial charge in [-0.1, -0.05) is 6.07 Å². The smallest absolute Gasteiger partial charge is 0.252 e. The van der Waals surface area contributed by atoms with Gasteiger partial charge in [0, 0.05) is 45.1 Å². The van der Waals surface area contributed by atoms with Crippen molar-refractivity contribution in [2.45, 2.75) is 25.8 Å². The molecule has 1 saturated heterocycles. The molecule has 0 unspecified atom stereocenters. The average Bonchev–Trinajstić information content (AvgIpc) is 3.21. The number of hydrogen-bond acceptors (Lipinski definition) is 4. The summed E-state index contributed by atoms with van der Waals surface area (Å²) in [5.41, 5.74) is 4.81. The Morgan fingerprint density at radius 2 is 1.88 bits per heavy atom. The van der Waals surface area contributed by atoms with Crippen LogP contribution in [0.5, 0.6) is 0 Å². The van der Waals surface area contributed by atoms with Gasteiger partial charge in [-0.3, -0.25) is 4.79 Å². The van der Waals surface area contributed by atoms with Crippen LogP contribution in [0.25, 0.3) is 0 Å². The van der Waals surface area contributed by atoms with E-state index in [1.165, 1.54) is 42.7 Å². The number of nitrogens with one attached hydrogen (secondary N) is 1. The van der Waals surface area contributed by atoms with Crippen LogP contribution >= 0.6 is 0 Å². The number of aromatic nitrogens is 1. The first-order chi connectivity index (χ1) is 12.2. The molecule has 1 aromatic heterocycles. The molecule has 0 bridgehead atoms. The number of amides is 1. The Morgan fingerprint density at radius 3 is 2.60 bits per heavy atom. The quantitative estimate of drug-likeness (QED) is 0.936. The molecule has 130 valence electrons. The Balaban J connectivity index is 1.50. The van der Waals surface area contributed by atoms with E-state index in [-0.39, 0.29) is 5.91 Å². The maximum atomic E-state index is 11.6. The summed E-state index contributed by atoms with van der Waals surface area (Å²) in [5, 5.41) is 2.63. The second-order valence-corrected chi connectivity index (χ2v) is 6.80. The Morgan fingerprint density at radius 1 is 1.04 bits per heavy atom. The second kappa shape index (κ2) is 6.75. The third kappa shape index (κ3) is 3.18. The second-order valence-electron chi connectivity index (χ2n) is 6.80. The van der Waals surface area contributed by atoms with Crippen molar-refractivity contribution < 1.29 is 4.79 Å². The Bertz CT molecular complexity index is 766. The molecule has 0 atom stereocenters. The molecule has 0 saturated carbocycles. The van der Waals surface area contributed by atoms with Gasteiger partial charge in [-0.05, 0) is 54.7 Å². The number of pyridine rings is 1. The molecule has 0 aliphatic carbocycles. The highest BCUT2D eigenvalue weighted by Gasteiger charge is 2.20. The highest BCUT2D eigenvalue weighted by atomic mass is 16.1. The van der Waals surface area contributed by atoms with Crippen molar-refractivity contribution >= 4 is 17.4 Å². The molecule has 2 aliphatic rings. The predicted molar refractivity (Wildman–Crippen MR) is 100 cm³/mol. The van der Waals surface area contributed by atoms with Crippen LogP contribution in [0.3, 0.4) is 0 Å². The van der Waals surface area contributed by atoms with Crippen LogP contribution in [-0.4, -0.2) is 37.6 Å². The number of carbonyl (C=O) groups excluding carboxylic acids is 1. The minimum Gasteiger partial charge on any atom is -0.372 e. The van der Waals surface area contributed by atoms with Gasteiger partial charge in [-0.2, -0.15) is 0 Å². The minimum atomic E-state index is -0.0996. The number of rotatable bonds is 3. The van der Waals surface area contributed by atoms with Gasteiger partial charge in [0.1, 0.15) is 5.82 Å². The zero-order valence-electron chi connectivity index (χ0n) is 14.7. The standard InChI is InChI=1S/C20H24N4O/c1-21-20(25)16-5-7-19(22-13-16)24-11-8-15-12-18(6-4-17(15)14-24)23-9-2-3-10-23/h4-7,12-13H,2-3,8-11,14H2,1H3,(H,21,25). The third-order valence-electron chi connectivity index (χ3n) is 5.23. The zero-order valence-corrected chi connectivity index (χ0v) is 14.7. The van der Waals surface area contributed by atoms with Gasteiger partial charge in [0.05, 0.1) is 5.56 Å². The van der Waals surface area contributed by atoms with Gasteiger partial charge >= 0.3 is 0 Å². The van der Waals surface area contributed by atoms with Crippen molar-refractivity contribution in [2.24, 2.45) is 0 Å². The van der Waals surface area contributed by atoms with Crippen LogP contribution in [-0.2, 0) is 13.0 Å². The number of benzene rings is 1. The van der Waals surface area contributed by atoms with E-state index in [0.29, 0.717) is 5.56 Å². The fourth-order valence-corrected chi connectivity index (χ4v) is 3.76. The molecule has 1 amide bonds. The van der Waals surface area contributed by atoms with Gasteiger partial charge in [-0.15, -0.1) is 0 Å². The lowest BCUT2D eigenvalue weighted by atomic mass is 9.98. The van der Waals surface area contributed by atoms with Gasteiger partial charge in [-0.25, -0.2) is 4.98 Å². The van der Waals surface area contributed by atoms with Crippen molar-refractivity contribution in [3.05, 3.63) is 53.2 Å². The molecule has 1 aromatic carbocycles. The molecule has 2 aliphatic heterocycles. The molecule has 1 fully saturated rings. The van der Waals surface area contributed by atoms with E-state index in [2.05, 4.69) is 38.3 Å². The SMILES string of the molecule is CNC(=O)c1ccc(N2CCc3cc(N4CCCC4)ccc3C2)nc1. The minimum absolute atomic E-state index is 0.0996. The molecule has 4 rings (SSSR count). The lowest BCUT2D eigenvalue weighted by Crippen LogP contribution is -2.31. The van der Waals surface area contributed by atoms with E-state index in [9.17, 15) is 4.79 Å². The highest BCUT2D eigenvalue weighted by molar-refractivity contribution is 5.93. The summed E-state index contributed by atoms with van der Waals surface area (Å²) in [6.07, 6.45) is 5.31. The predicted octanol–water partition coefficient (Wildman–Crippen LogP) is 2.60. The third-order valence-corrected chi connectivity index (χ3v) is 5.23. The normalized spacial score (nSPS) is 16.7. The van der Waals surface area contributed by atoms with Crippen LogP contribution < -0.4 is 15.1 Å². The fraction of sp³-hybridized carbons (Fsp3) is 0.400. The maximum absolute atomic E-state index is 11.6. The number of hydrogen-bond donors (Lipinski definition) is 1. The first-order valence-corrected chi connectivity index (χ1v) is 9.04. The number of fused-ring (bicyclic) bond motifs is 1. The molecule has 0 radical (unpaired) electrons. The maximum Gasteiger partial charge on any atom is 0.252 e. The molecule has 2 aromatic rings. The fourth-order valence-electron chi connectivity index (χ4n) is 3.76. The van der Waals surface area contributed by atoms with Crippen LogP contribution in [0.15, 0.2) is 36.5 Å². The van der Waals surface area contributed by atoms with E-state index >= 15 is 0 Å². The topological polar surface area (TPSA) is 48.5 Å². The van der Waals surface area contributed by atoms with E-state index in [1.54, 1.807) is 13.2 Å². The summed E-state index contributed by atoms with van der Waals surface area (Å²) in [6.45, 7) is 4.21. The van der Waals surface area contributed by atoms with Gasteiger partial charge < -0.3 is 15.1 Å². The van der Waals surface area contributed by atoms with Crippen LogP contribution in [0.2, 0.25) is 0 Å². The highest BCUT2D eigenvalue weighted by Crippen LogP contribution is 2.28. The van der Waals surface area contributed by atoms with Crippen molar-refractivity contribution in [2.75, 3.05) is 36.5 Å². The molecule has 25 heavy (non-hydrogen) atoms. The summed E-state index contributed by atoms with van der Waals surface area (Å²) < 4.78 is 0.